The zero-order chi connectivity index (χ0) is 29.9. The van der Waals surface area contributed by atoms with Gasteiger partial charge in [0, 0.05) is 33.4 Å². The number of allylic oxidation sites excluding steroid dienone is 2. The van der Waals surface area contributed by atoms with E-state index in [0.29, 0.717) is 6.07 Å². The summed E-state index contributed by atoms with van der Waals surface area (Å²) in [4.78, 5) is 55.8. The Morgan fingerprint density at radius 2 is 1.29 bits per heavy atom. The van der Waals surface area contributed by atoms with E-state index in [4.69, 9.17) is 0 Å². The quantitative estimate of drug-likeness (QED) is 0.285. The second-order valence-electron chi connectivity index (χ2n) is 9.79. The molecule has 0 spiro atoms. The molecule has 4 aliphatic rings. The first kappa shape index (κ1) is 26.0. The number of aliphatic imine (C=N–C) groups is 1. The molecule has 1 unspecified atom stereocenters. The summed E-state index contributed by atoms with van der Waals surface area (Å²) in [6.07, 6.45) is 2.97. The lowest BCUT2D eigenvalue weighted by Gasteiger charge is -2.34. The van der Waals surface area contributed by atoms with Gasteiger partial charge in [0.1, 0.15) is 9.79 Å². The topological polar surface area (TPSA) is 201 Å². The van der Waals surface area contributed by atoms with E-state index in [1.54, 1.807) is 24.3 Å². The Morgan fingerprint density at radius 1 is 0.667 bits per heavy atom. The van der Waals surface area contributed by atoms with Crippen LogP contribution in [0.15, 0.2) is 86.6 Å². The number of hydrogen-bond donors (Lipinski definition) is 3. The first-order valence-corrected chi connectivity index (χ1v) is 15.0. The van der Waals surface area contributed by atoms with E-state index in [1.165, 1.54) is 24.3 Å². The van der Waals surface area contributed by atoms with Gasteiger partial charge in [-0.05, 0) is 36.4 Å². The second-order valence-corrected chi connectivity index (χ2v) is 12.5. The number of benzene rings is 3. The fraction of sp³-hybridized carbons (Fsp3) is 0.0357. The summed E-state index contributed by atoms with van der Waals surface area (Å²) < 4.78 is 67.4. The second kappa shape index (κ2) is 8.33. The molecule has 3 aliphatic carbocycles. The first-order chi connectivity index (χ1) is 19.8. The normalized spacial score (nSPS) is 18.7. The Morgan fingerprint density at radius 3 is 1.95 bits per heavy atom. The lowest BCUT2D eigenvalue weighted by atomic mass is 9.76. The van der Waals surface area contributed by atoms with Crippen LogP contribution in [0.5, 0.6) is 0 Å². The van der Waals surface area contributed by atoms with E-state index in [-0.39, 0.29) is 62.1 Å². The van der Waals surface area contributed by atoms with Crippen LogP contribution >= 0.6 is 0 Å². The highest BCUT2D eigenvalue weighted by molar-refractivity contribution is 7.89. The number of nitrogens with one attached hydrogen (secondary N) is 1. The first-order valence-electron chi connectivity index (χ1n) is 12.1. The Labute approximate surface area is 236 Å². The number of ketones is 4. The van der Waals surface area contributed by atoms with Gasteiger partial charge in [-0.25, -0.2) is 4.99 Å². The highest BCUT2D eigenvalue weighted by Gasteiger charge is 2.43. The number of Topliss-reactive ketones (excluding diaryl/α,β-unsaturated/α-hetero) is 2. The number of hydrogen-bond acceptors (Lipinski definition) is 10. The zero-order valence-electron chi connectivity index (χ0n) is 20.8. The molecule has 3 aromatic carbocycles. The monoisotopic (exact) mass is 602 g/mol. The number of nitrogens with zero attached hydrogens (tertiary/aromatic N) is 1. The lowest BCUT2D eigenvalue weighted by Crippen LogP contribution is -2.41. The van der Waals surface area contributed by atoms with Gasteiger partial charge in [-0.15, -0.1) is 0 Å². The third kappa shape index (κ3) is 3.43. The molecule has 14 heteroatoms. The molecule has 0 bridgehead atoms. The SMILES string of the molecule is O=C1C2=C(C(=O)c3ccccc31)C1Nc3ccc4c(c3N=C1C=C2)C(=O)c1ccc(S(=O)(=O)O)c(S(=O)(=O)O)c1C4=O. The van der Waals surface area contributed by atoms with E-state index in [0.717, 1.165) is 6.07 Å². The molecule has 208 valence electrons. The van der Waals surface area contributed by atoms with Crippen LogP contribution in [0.25, 0.3) is 0 Å². The Kier molecular flexibility index (Phi) is 5.16. The van der Waals surface area contributed by atoms with Crippen LogP contribution in [0.1, 0.15) is 52.6 Å². The fourth-order valence-corrected chi connectivity index (χ4v) is 7.75. The van der Waals surface area contributed by atoms with Gasteiger partial charge < -0.3 is 5.32 Å². The minimum atomic E-state index is -5.42. The van der Waals surface area contributed by atoms with E-state index in [2.05, 4.69) is 10.3 Å². The molecule has 42 heavy (non-hydrogen) atoms. The van der Waals surface area contributed by atoms with Crippen molar-refractivity contribution in [3.05, 3.63) is 105 Å². The largest absolute Gasteiger partial charge is 0.371 e. The Hall–Kier alpha value is -4.89. The van der Waals surface area contributed by atoms with Gasteiger partial charge in [-0.1, -0.05) is 24.3 Å². The van der Waals surface area contributed by atoms with Crippen molar-refractivity contribution in [2.24, 2.45) is 4.99 Å². The third-order valence-corrected chi connectivity index (χ3v) is 9.49. The highest BCUT2D eigenvalue weighted by Crippen LogP contribution is 2.45. The molecule has 3 aromatic rings. The molecule has 12 nitrogen and oxygen atoms in total. The summed E-state index contributed by atoms with van der Waals surface area (Å²) in [5.74, 6) is -2.70. The molecule has 0 saturated heterocycles. The summed E-state index contributed by atoms with van der Waals surface area (Å²) in [5, 5.41) is 3.13. The molecule has 0 aromatic heterocycles. The van der Waals surface area contributed by atoms with Crippen LogP contribution < -0.4 is 5.32 Å². The summed E-state index contributed by atoms with van der Waals surface area (Å²) in [7, 11) is -10.6. The van der Waals surface area contributed by atoms with Gasteiger partial charge in [-0.3, -0.25) is 28.3 Å². The van der Waals surface area contributed by atoms with Crippen LogP contribution in [0.3, 0.4) is 0 Å². The lowest BCUT2D eigenvalue weighted by molar-refractivity contribution is 0.0975. The maximum Gasteiger partial charge on any atom is 0.296 e. The molecule has 0 fully saturated rings. The molecular weight excluding hydrogens is 588 g/mol. The van der Waals surface area contributed by atoms with Crippen LogP contribution in [0, 0.1) is 0 Å². The Balaban J connectivity index is 1.39. The summed E-state index contributed by atoms with van der Waals surface area (Å²) in [5.41, 5.74) is -0.603. The number of carbonyl (C=O) groups is 4. The summed E-state index contributed by atoms with van der Waals surface area (Å²) in [6.45, 7) is 0. The minimum absolute atomic E-state index is 0.00121. The maximum absolute atomic E-state index is 13.7. The van der Waals surface area contributed by atoms with Crippen LogP contribution in [0.2, 0.25) is 0 Å². The third-order valence-electron chi connectivity index (χ3n) is 7.52. The van der Waals surface area contributed by atoms with Gasteiger partial charge in [0.2, 0.25) is 0 Å². The molecule has 3 N–H and O–H groups in total. The van der Waals surface area contributed by atoms with E-state index >= 15 is 0 Å². The van der Waals surface area contributed by atoms with E-state index in [1.807, 2.05) is 0 Å². The molecule has 0 amide bonds. The maximum atomic E-state index is 13.7. The van der Waals surface area contributed by atoms with Crippen molar-refractivity contribution in [3.8, 4) is 0 Å². The van der Waals surface area contributed by atoms with Gasteiger partial charge in [0.15, 0.2) is 23.1 Å². The van der Waals surface area contributed by atoms with Crippen molar-refractivity contribution >= 4 is 60.5 Å². The van der Waals surface area contributed by atoms with Gasteiger partial charge >= 0.3 is 0 Å². The minimum Gasteiger partial charge on any atom is -0.371 e. The fourth-order valence-electron chi connectivity index (χ4n) is 5.76. The van der Waals surface area contributed by atoms with Crippen LogP contribution in [-0.2, 0) is 20.2 Å². The average molecular weight is 603 g/mol. The van der Waals surface area contributed by atoms with Crippen molar-refractivity contribution in [3.63, 3.8) is 0 Å². The van der Waals surface area contributed by atoms with Gasteiger partial charge in [-0.2, -0.15) is 16.8 Å². The molecule has 0 radical (unpaired) electrons. The van der Waals surface area contributed by atoms with Gasteiger partial charge in [0.05, 0.1) is 34.3 Å². The average Bonchev–Trinajstić information content (AvgIpc) is 2.95. The number of fused-ring (bicyclic) bond motifs is 7. The molecule has 1 heterocycles. The number of carbonyl (C=O) groups excluding carboxylic acids is 4. The Bertz CT molecular complexity index is 2240. The number of rotatable bonds is 2. The highest BCUT2D eigenvalue weighted by atomic mass is 32.2. The number of anilines is 1. The summed E-state index contributed by atoms with van der Waals surface area (Å²) in [6, 6.07) is 9.59. The van der Waals surface area contributed by atoms with Crippen molar-refractivity contribution in [1.29, 1.82) is 0 Å². The molecule has 1 aliphatic heterocycles. The van der Waals surface area contributed by atoms with Crippen LogP contribution in [-0.4, -0.2) is 60.8 Å². The molecule has 7 rings (SSSR count). The van der Waals surface area contributed by atoms with Crippen molar-refractivity contribution < 1.29 is 45.1 Å². The van der Waals surface area contributed by atoms with Crippen molar-refractivity contribution in [1.82, 2.24) is 0 Å². The van der Waals surface area contributed by atoms with Crippen molar-refractivity contribution in [2.75, 3.05) is 5.32 Å². The van der Waals surface area contributed by atoms with Crippen LogP contribution in [0.4, 0.5) is 11.4 Å². The standard InChI is InChI=1S/C28H14N2O10S2/c31-24-11-3-1-2-4-12(11)25(32)19-13(24)5-8-16-22(19)29-17-9-6-14-20(23(17)30-16)26(33)15-7-10-18(41(35,36)37)28(42(38,39)40)21(15)27(14)34/h1-10,22,29H,(H,35,36,37)(H,38,39,40). The smallest absolute Gasteiger partial charge is 0.296 e. The molecule has 1 atom stereocenters. The predicted molar refractivity (Wildman–Crippen MR) is 145 cm³/mol. The zero-order valence-corrected chi connectivity index (χ0v) is 22.4. The van der Waals surface area contributed by atoms with E-state index in [9.17, 15) is 45.1 Å². The summed E-state index contributed by atoms with van der Waals surface area (Å²) >= 11 is 0. The van der Waals surface area contributed by atoms with Gasteiger partial charge in [0.25, 0.3) is 20.2 Å². The van der Waals surface area contributed by atoms with Crippen molar-refractivity contribution in [2.45, 2.75) is 15.8 Å². The molecular formula is C28H14N2O10S2. The molecule has 0 saturated carbocycles. The predicted octanol–water partition coefficient (Wildman–Crippen LogP) is 2.77. The van der Waals surface area contributed by atoms with E-state index < -0.39 is 58.8 Å².